The monoisotopic (exact) mass is 367 g/mol. The Morgan fingerprint density at radius 2 is 1.59 bits per heavy atom. The van der Waals surface area contributed by atoms with E-state index in [0.29, 0.717) is 16.9 Å². The summed E-state index contributed by atoms with van der Waals surface area (Å²) in [5.41, 5.74) is 6.68. The molecule has 0 bridgehead atoms. The van der Waals surface area contributed by atoms with Gasteiger partial charge < -0.3 is 16.4 Å². The second-order valence-electron chi connectivity index (χ2n) is 5.86. The average Bonchev–Trinajstić information content (AvgIpc) is 2.87. The molecule has 0 saturated heterocycles. The van der Waals surface area contributed by atoms with Crippen LogP contribution < -0.4 is 22.1 Å². The number of nitrogens with one attached hydrogen (secondary N) is 2. The van der Waals surface area contributed by atoms with E-state index in [9.17, 15) is 19.2 Å². The fraction of sp³-hybridized carbons (Fsp3) is 0.111. The van der Waals surface area contributed by atoms with E-state index in [-0.39, 0.29) is 12.2 Å². The predicted octanol–water partition coefficient (Wildman–Crippen LogP) is 0.403. The molecule has 0 spiro atoms. The van der Waals surface area contributed by atoms with Crippen LogP contribution >= 0.6 is 0 Å². The van der Waals surface area contributed by atoms with Crippen molar-refractivity contribution >= 4 is 40.1 Å². The molecule has 3 amide bonds. The van der Waals surface area contributed by atoms with Crippen LogP contribution in [-0.2, 0) is 28.0 Å². The van der Waals surface area contributed by atoms with Crippen LogP contribution in [0.2, 0.25) is 0 Å². The van der Waals surface area contributed by atoms with Gasteiger partial charge in [-0.1, -0.05) is 18.2 Å². The molecule has 3 rings (SSSR count). The lowest BCUT2D eigenvalue weighted by Gasteiger charge is -2.08. The van der Waals surface area contributed by atoms with Gasteiger partial charge in [-0.05, 0) is 30.3 Å². The van der Waals surface area contributed by atoms with Crippen LogP contribution in [0.1, 0.15) is 0 Å². The Labute approximate surface area is 153 Å². The van der Waals surface area contributed by atoms with Crippen molar-refractivity contribution in [3.8, 4) is 0 Å². The summed E-state index contributed by atoms with van der Waals surface area (Å²) in [7, 11) is 1.64. The van der Waals surface area contributed by atoms with Crippen LogP contribution in [0.4, 0.5) is 11.4 Å². The number of aromatic nitrogens is 2. The van der Waals surface area contributed by atoms with Gasteiger partial charge in [0.05, 0.1) is 11.0 Å². The Kier molecular flexibility index (Phi) is 4.75. The Balaban J connectivity index is 1.77. The fourth-order valence-electron chi connectivity index (χ4n) is 2.73. The molecule has 1 aromatic heterocycles. The number of carbonyl (C=O) groups is 3. The summed E-state index contributed by atoms with van der Waals surface area (Å²) >= 11 is 0. The summed E-state index contributed by atoms with van der Waals surface area (Å²) in [4.78, 5) is 46.9. The van der Waals surface area contributed by atoms with E-state index in [4.69, 9.17) is 5.73 Å². The molecule has 0 aliphatic rings. The van der Waals surface area contributed by atoms with E-state index in [1.165, 1.54) is 15.2 Å². The molecule has 138 valence electrons. The normalized spacial score (nSPS) is 10.6. The number of hydrogen-bond acceptors (Lipinski definition) is 4. The van der Waals surface area contributed by atoms with Gasteiger partial charge in [-0.3, -0.25) is 23.5 Å². The van der Waals surface area contributed by atoms with Crippen LogP contribution in [0.25, 0.3) is 11.0 Å². The largest absolute Gasteiger partial charge is 0.361 e. The van der Waals surface area contributed by atoms with Crippen molar-refractivity contribution in [1.82, 2.24) is 9.13 Å². The number of primary amides is 1. The zero-order valence-electron chi connectivity index (χ0n) is 14.4. The number of fused-ring (bicyclic) bond motifs is 1. The van der Waals surface area contributed by atoms with Gasteiger partial charge >= 0.3 is 17.5 Å². The number of nitrogens with two attached hydrogens (primary N) is 1. The second-order valence-corrected chi connectivity index (χ2v) is 5.86. The molecule has 3 aromatic rings. The molecular formula is C18H17N5O4. The maximum atomic E-state index is 12.4. The van der Waals surface area contributed by atoms with E-state index in [1.54, 1.807) is 43.4 Å². The number of aryl methyl sites for hydroxylation is 1. The van der Waals surface area contributed by atoms with E-state index < -0.39 is 17.7 Å². The van der Waals surface area contributed by atoms with Crippen molar-refractivity contribution in [2.24, 2.45) is 12.8 Å². The molecule has 0 saturated carbocycles. The van der Waals surface area contributed by atoms with Crippen molar-refractivity contribution in [3.63, 3.8) is 0 Å². The maximum Gasteiger partial charge on any atom is 0.329 e. The van der Waals surface area contributed by atoms with Gasteiger partial charge in [0.25, 0.3) is 0 Å². The number of carbonyl (C=O) groups excluding carboxylic acids is 3. The number of imidazole rings is 1. The highest BCUT2D eigenvalue weighted by Gasteiger charge is 2.14. The third-order valence-electron chi connectivity index (χ3n) is 3.98. The summed E-state index contributed by atoms with van der Waals surface area (Å²) in [6.45, 7) is -0.169. The third kappa shape index (κ3) is 3.71. The van der Waals surface area contributed by atoms with E-state index in [2.05, 4.69) is 10.6 Å². The Bertz CT molecular complexity index is 1110. The van der Waals surface area contributed by atoms with Gasteiger partial charge in [0, 0.05) is 18.4 Å². The number of amides is 3. The first-order valence-corrected chi connectivity index (χ1v) is 8.02. The van der Waals surface area contributed by atoms with Crippen molar-refractivity contribution < 1.29 is 14.4 Å². The Morgan fingerprint density at radius 3 is 2.26 bits per heavy atom. The Morgan fingerprint density at radius 1 is 0.963 bits per heavy atom. The molecule has 0 aliphatic carbocycles. The molecule has 27 heavy (non-hydrogen) atoms. The summed E-state index contributed by atoms with van der Waals surface area (Å²) in [6, 6.07) is 13.4. The molecule has 0 aliphatic heterocycles. The van der Waals surface area contributed by atoms with Gasteiger partial charge in [-0.15, -0.1) is 0 Å². The topological polar surface area (TPSA) is 128 Å². The first kappa shape index (κ1) is 17.9. The van der Waals surface area contributed by atoms with E-state index in [0.717, 1.165) is 5.52 Å². The van der Waals surface area contributed by atoms with Crippen LogP contribution in [-0.4, -0.2) is 26.9 Å². The standard InChI is InChI=1S/C18H17N5O4/c1-22-13-7-2-3-8-14(13)23(18(22)27)10-15(24)20-11-5-4-6-12(9-11)21-17(26)16(19)25/h2-9H,10H2,1H3,(H2,19,25)(H,20,24)(H,21,26). The molecule has 0 radical (unpaired) electrons. The minimum absolute atomic E-state index is 0.169. The summed E-state index contributed by atoms with van der Waals surface area (Å²) < 4.78 is 2.85. The van der Waals surface area contributed by atoms with Crippen LogP contribution in [0.15, 0.2) is 53.3 Å². The highest BCUT2D eigenvalue weighted by molar-refractivity contribution is 6.39. The smallest absolute Gasteiger partial charge is 0.329 e. The molecule has 0 atom stereocenters. The van der Waals surface area contributed by atoms with Crippen LogP contribution in [0, 0.1) is 0 Å². The lowest BCUT2D eigenvalue weighted by atomic mass is 10.2. The predicted molar refractivity (Wildman–Crippen MR) is 100 cm³/mol. The highest BCUT2D eigenvalue weighted by atomic mass is 16.2. The number of para-hydroxylation sites is 2. The molecule has 9 heteroatoms. The second kappa shape index (κ2) is 7.16. The zero-order valence-corrected chi connectivity index (χ0v) is 14.4. The molecule has 0 fully saturated rings. The van der Waals surface area contributed by atoms with Crippen molar-refractivity contribution in [2.45, 2.75) is 6.54 Å². The molecule has 9 nitrogen and oxygen atoms in total. The molecule has 1 heterocycles. The molecule has 4 N–H and O–H groups in total. The first-order chi connectivity index (χ1) is 12.9. The first-order valence-electron chi connectivity index (χ1n) is 8.02. The quantitative estimate of drug-likeness (QED) is 0.577. The van der Waals surface area contributed by atoms with Crippen LogP contribution in [0.3, 0.4) is 0 Å². The van der Waals surface area contributed by atoms with Gasteiger partial charge in [0.2, 0.25) is 5.91 Å². The number of rotatable bonds is 4. The van der Waals surface area contributed by atoms with E-state index in [1.807, 2.05) is 6.07 Å². The summed E-state index contributed by atoms with van der Waals surface area (Å²) in [5.74, 6) is -2.48. The number of hydrogen-bond donors (Lipinski definition) is 3. The Hall–Kier alpha value is -3.88. The summed E-state index contributed by atoms with van der Waals surface area (Å²) in [6.07, 6.45) is 0. The molecule has 2 aromatic carbocycles. The zero-order chi connectivity index (χ0) is 19.6. The SMILES string of the molecule is Cn1c(=O)n(CC(=O)Nc2cccc(NC(=O)C(N)=O)c2)c2ccccc21. The molecule has 0 unspecified atom stereocenters. The minimum atomic E-state index is -1.11. The fourth-order valence-corrected chi connectivity index (χ4v) is 2.73. The van der Waals surface area contributed by atoms with Gasteiger partial charge in [-0.2, -0.15) is 0 Å². The average molecular weight is 367 g/mol. The van der Waals surface area contributed by atoms with Crippen LogP contribution in [0.5, 0.6) is 0 Å². The number of benzene rings is 2. The number of nitrogens with zero attached hydrogens (tertiary/aromatic N) is 2. The van der Waals surface area contributed by atoms with E-state index >= 15 is 0 Å². The molecular weight excluding hydrogens is 350 g/mol. The lowest BCUT2D eigenvalue weighted by molar-refractivity contribution is -0.134. The lowest BCUT2D eigenvalue weighted by Crippen LogP contribution is -2.29. The minimum Gasteiger partial charge on any atom is -0.361 e. The van der Waals surface area contributed by atoms with Crippen molar-refractivity contribution in [1.29, 1.82) is 0 Å². The third-order valence-corrected chi connectivity index (χ3v) is 3.98. The summed E-state index contributed by atoms with van der Waals surface area (Å²) in [5, 5.41) is 4.98. The van der Waals surface area contributed by atoms with Gasteiger partial charge in [0.15, 0.2) is 0 Å². The van der Waals surface area contributed by atoms with Gasteiger partial charge in [0.1, 0.15) is 6.54 Å². The van der Waals surface area contributed by atoms with Gasteiger partial charge in [-0.25, -0.2) is 4.79 Å². The highest BCUT2D eigenvalue weighted by Crippen LogP contribution is 2.16. The van der Waals surface area contributed by atoms with Crippen molar-refractivity contribution in [3.05, 3.63) is 59.0 Å². The number of anilines is 2. The van der Waals surface area contributed by atoms with Crippen molar-refractivity contribution in [2.75, 3.05) is 10.6 Å². The maximum absolute atomic E-state index is 12.4.